The molecule has 3 rings (SSSR count). The van der Waals surface area contributed by atoms with Crippen molar-refractivity contribution >= 4 is 49.6 Å². The molecule has 130 valence electrons. The fraction of sp³-hybridized carbons (Fsp3) is 0.176. The number of carbonyl (C=O) groups excluding carboxylic acids is 1. The van der Waals surface area contributed by atoms with Crippen LogP contribution in [0.2, 0.25) is 4.34 Å². The number of thiophene rings is 1. The van der Waals surface area contributed by atoms with Crippen molar-refractivity contribution in [3.8, 4) is 10.6 Å². The molecule has 0 bridgehead atoms. The van der Waals surface area contributed by atoms with Crippen LogP contribution in [0, 0.1) is 0 Å². The number of para-hydroxylation sites is 1. The first-order valence-electron chi connectivity index (χ1n) is 7.45. The lowest BCUT2D eigenvalue weighted by molar-refractivity contribution is 0.0958. The number of rotatable bonds is 5. The van der Waals surface area contributed by atoms with E-state index in [4.69, 9.17) is 11.6 Å². The third-order valence-corrected chi connectivity index (χ3v) is 5.74. The van der Waals surface area contributed by atoms with Gasteiger partial charge in [-0.25, -0.2) is 13.4 Å². The third kappa shape index (κ3) is 4.36. The van der Waals surface area contributed by atoms with Crippen LogP contribution < -0.4 is 5.32 Å². The van der Waals surface area contributed by atoms with Gasteiger partial charge >= 0.3 is 0 Å². The van der Waals surface area contributed by atoms with Gasteiger partial charge in [-0.1, -0.05) is 29.8 Å². The Bertz CT molecular complexity index is 1040. The molecular formula is C17H15ClN2O3S2. The average Bonchev–Trinajstić information content (AvgIpc) is 2.99. The zero-order valence-electron chi connectivity index (χ0n) is 13.3. The van der Waals surface area contributed by atoms with Crippen molar-refractivity contribution in [1.82, 2.24) is 10.3 Å². The number of nitrogens with zero attached hydrogens (tertiary/aromatic N) is 1. The topological polar surface area (TPSA) is 76.1 Å². The molecule has 2 aromatic heterocycles. The maximum atomic E-state index is 12.6. The summed E-state index contributed by atoms with van der Waals surface area (Å²) in [5.41, 5.74) is 1.81. The summed E-state index contributed by atoms with van der Waals surface area (Å²) in [4.78, 5) is 18.0. The van der Waals surface area contributed by atoms with Crippen LogP contribution >= 0.6 is 22.9 Å². The summed E-state index contributed by atoms with van der Waals surface area (Å²) in [7, 11) is -3.13. The molecule has 0 aliphatic rings. The van der Waals surface area contributed by atoms with Crippen molar-refractivity contribution in [2.75, 3.05) is 18.6 Å². The van der Waals surface area contributed by atoms with Crippen molar-refractivity contribution < 1.29 is 13.2 Å². The van der Waals surface area contributed by atoms with E-state index in [0.29, 0.717) is 26.5 Å². The normalized spacial score (nSPS) is 11.6. The van der Waals surface area contributed by atoms with Crippen molar-refractivity contribution in [3.63, 3.8) is 0 Å². The van der Waals surface area contributed by atoms with Crippen LogP contribution in [0.5, 0.6) is 0 Å². The van der Waals surface area contributed by atoms with E-state index in [-0.39, 0.29) is 18.2 Å². The summed E-state index contributed by atoms with van der Waals surface area (Å²) in [6, 6.07) is 12.7. The lowest BCUT2D eigenvalue weighted by atomic mass is 10.1. The van der Waals surface area contributed by atoms with Crippen LogP contribution in [-0.4, -0.2) is 37.9 Å². The molecule has 0 saturated heterocycles. The third-order valence-electron chi connectivity index (χ3n) is 3.54. The van der Waals surface area contributed by atoms with Crippen LogP contribution in [0.15, 0.2) is 42.5 Å². The Morgan fingerprint density at radius 2 is 2.00 bits per heavy atom. The lowest BCUT2D eigenvalue weighted by Gasteiger charge is -2.09. The number of sulfone groups is 1. The second kappa shape index (κ2) is 7.11. The summed E-state index contributed by atoms with van der Waals surface area (Å²) < 4.78 is 23.1. The maximum absolute atomic E-state index is 12.6. The van der Waals surface area contributed by atoms with Gasteiger partial charge in [0.15, 0.2) is 0 Å². The molecule has 0 radical (unpaired) electrons. The van der Waals surface area contributed by atoms with Gasteiger partial charge in [-0.3, -0.25) is 4.79 Å². The minimum atomic E-state index is -3.13. The number of amides is 1. The summed E-state index contributed by atoms with van der Waals surface area (Å²) in [6.45, 7) is 0.0640. The van der Waals surface area contributed by atoms with Gasteiger partial charge in [0.2, 0.25) is 0 Å². The molecular weight excluding hydrogens is 380 g/mol. The Balaban J connectivity index is 1.99. The molecule has 5 nitrogen and oxygen atoms in total. The molecule has 0 atom stereocenters. The lowest BCUT2D eigenvalue weighted by Crippen LogP contribution is -2.29. The number of benzene rings is 1. The Labute approximate surface area is 154 Å². The van der Waals surface area contributed by atoms with Gasteiger partial charge in [0, 0.05) is 18.2 Å². The SMILES string of the molecule is CS(=O)(=O)CCNC(=O)c1cc(-c2ccc(Cl)s2)nc2ccccc12. The molecule has 3 aromatic rings. The molecule has 0 unspecified atom stereocenters. The predicted octanol–water partition coefficient (Wildman–Crippen LogP) is 3.39. The highest BCUT2D eigenvalue weighted by Crippen LogP contribution is 2.32. The van der Waals surface area contributed by atoms with E-state index in [9.17, 15) is 13.2 Å². The van der Waals surface area contributed by atoms with Gasteiger partial charge in [0.05, 0.1) is 31.7 Å². The standard InChI is InChI=1S/C17H15ClN2O3S2/c1-25(22,23)9-8-19-17(21)12-10-14(15-6-7-16(18)24-15)20-13-5-3-2-4-11(12)13/h2-7,10H,8-9H2,1H3,(H,19,21). The van der Waals surface area contributed by atoms with Gasteiger partial charge in [-0.2, -0.15) is 0 Å². The highest BCUT2D eigenvalue weighted by Gasteiger charge is 2.15. The number of carbonyl (C=O) groups is 1. The number of nitrogens with one attached hydrogen (secondary N) is 1. The molecule has 1 amide bonds. The zero-order chi connectivity index (χ0) is 18.0. The molecule has 2 heterocycles. The Morgan fingerprint density at radius 1 is 1.24 bits per heavy atom. The van der Waals surface area contributed by atoms with E-state index in [1.54, 1.807) is 12.1 Å². The summed E-state index contributed by atoms with van der Waals surface area (Å²) in [6.07, 6.45) is 1.14. The first kappa shape index (κ1) is 17.8. The zero-order valence-corrected chi connectivity index (χ0v) is 15.7. The first-order chi connectivity index (χ1) is 11.8. The van der Waals surface area contributed by atoms with Gasteiger partial charge in [-0.05, 0) is 24.3 Å². The van der Waals surface area contributed by atoms with Crippen molar-refractivity contribution in [3.05, 3.63) is 52.4 Å². The van der Waals surface area contributed by atoms with Gasteiger partial charge in [0.1, 0.15) is 9.84 Å². The second-order valence-electron chi connectivity index (χ2n) is 5.56. The smallest absolute Gasteiger partial charge is 0.252 e. The number of halogens is 1. The number of aromatic nitrogens is 1. The van der Waals surface area contributed by atoms with Crippen molar-refractivity contribution in [2.45, 2.75) is 0 Å². The summed E-state index contributed by atoms with van der Waals surface area (Å²) >= 11 is 7.38. The monoisotopic (exact) mass is 394 g/mol. The van der Waals surface area contributed by atoms with Crippen LogP contribution in [-0.2, 0) is 9.84 Å². The van der Waals surface area contributed by atoms with Crippen LogP contribution in [0.1, 0.15) is 10.4 Å². The fourth-order valence-corrected chi connectivity index (χ4v) is 3.86. The number of hydrogen-bond donors (Lipinski definition) is 1. The number of fused-ring (bicyclic) bond motifs is 1. The van der Waals surface area contributed by atoms with Gasteiger partial charge < -0.3 is 5.32 Å². The Morgan fingerprint density at radius 3 is 2.68 bits per heavy atom. The van der Waals surface area contributed by atoms with Crippen molar-refractivity contribution in [1.29, 1.82) is 0 Å². The molecule has 0 aliphatic heterocycles. The summed E-state index contributed by atoms with van der Waals surface area (Å²) in [5, 5.41) is 3.38. The quantitative estimate of drug-likeness (QED) is 0.719. The van der Waals surface area contributed by atoms with Crippen molar-refractivity contribution in [2.24, 2.45) is 0 Å². The van der Waals surface area contributed by atoms with Crippen LogP contribution in [0.4, 0.5) is 0 Å². The Hall–Kier alpha value is -1.96. The predicted molar refractivity (Wildman–Crippen MR) is 102 cm³/mol. The largest absolute Gasteiger partial charge is 0.351 e. The highest BCUT2D eigenvalue weighted by atomic mass is 35.5. The molecule has 0 aliphatic carbocycles. The molecule has 1 aromatic carbocycles. The Kier molecular flexibility index (Phi) is 5.08. The van der Waals surface area contributed by atoms with E-state index >= 15 is 0 Å². The minimum absolute atomic E-state index is 0.0640. The maximum Gasteiger partial charge on any atom is 0.252 e. The summed E-state index contributed by atoms with van der Waals surface area (Å²) in [5.74, 6) is -0.430. The molecule has 0 saturated carbocycles. The molecule has 0 spiro atoms. The van der Waals surface area contributed by atoms with Gasteiger partial charge in [0.25, 0.3) is 5.91 Å². The minimum Gasteiger partial charge on any atom is -0.351 e. The molecule has 1 N–H and O–H groups in total. The van der Waals surface area contributed by atoms with Gasteiger partial charge in [-0.15, -0.1) is 11.3 Å². The fourth-order valence-electron chi connectivity index (χ4n) is 2.39. The van der Waals surface area contributed by atoms with E-state index in [0.717, 1.165) is 11.1 Å². The number of pyridine rings is 1. The van der Waals surface area contributed by atoms with E-state index in [1.807, 2.05) is 30.3 Å². The number of hydrogen-bond acceptors (Lipinski definition) is 5. The first-order valence-corrected chi connectivity index (χ1v) is 10.7. The molecule has 8 heteroatoms. The van der Waals surface area contributed by atoms with E-state index in [1.165, 1.54) is 11.3 Å². The molecule has 0 fully saturated rings. The van der Waals surface area contributed by atoms with Crippen LogP contribution in [0.25, 0.3) is 21.5 Å². The second-order valence-corrected chi connectivity index (χ2v) is 9.54. The highest BCUT2D eigenvalue weighted by molar-refractivity contribution is 7.90. The van der Waals surface area contributed by atoms with Crippen LogP contribution in [0.3, 0.4) is 0 Å². The van der Waals surface area contributed by atoms with E-state index in [2.05, 4.69) is 10.3 Å². The molecule has 25 heavy (non-hydrogen) atoms. The van der Waals surface area contributed by atoms with E-state index < -0.39 is 9.84 Å². The average molecular weight is 395 g/mol.